The minimum atomic E-state index is -1.24. The maximum Gasteiger partial charge on any atom is 0.410 e. The minimum Gasteiger partial charge on any atom is -0.480 e. The van der Waals surface area contributed by atoms with Crippen LogP contribution < -0.4 is 5.32 Å². The van der Waals surface area contributed by atoms with Crippen molar-refractivity contribution in [2.45, 2.75) is 44.9 Å². The normalized spacial score (nSPS) is 16.8. The molecule has 0 aliphatic carbocycles. The van der Waals surface area contributed by atoms with Gasteiger partial charge in [0.1, 0.15) is 18.7 Å². The number of benzene rings is 1. The fraction of sp³-hybridized carbons (Fsp3) is 0.429. The summed E-state index contributed by atoms with van der Waals surface area (Å²) in [6.07, 6.45) is 2.76. The van der Waals surface area contributed by atoms with E-state index in [2.05, 4.69) is 5.32 Å². The number of carbonyl (C=O) groups excluding carboxylic acids is 3. The molecule has 162 valence electrons. The summed E-state index contributed by atoms with van der Waals surface area (Å²) in [4.78, 5) is 49.1. The number of aliphatic carboxylic acids is 1. The van der Waals surface area contributed by atoms with E-state index in [0.717, 1.165) is 11.6 Å². The molecule has 9 heteroatoms. The molecule has 1 aromatic carbocycles. The quantitative estimate of drug-likeness (QED) is 0.464. The molecule has 2 atom stereocenters. The van der Waals surface area contributed by atoms with E-state index in [1.807, 2.05) is 30.3 Å². The van der Waals surface area contributed by atoms with Crippen LogP contribution in [-0.2, 0) is 30.5 Å². The second-order valence-corrected chi connectivity index (χ2v) is 6.68. The third-order valence-electron chi connectivity index (χ3n) is 4.52. The molecule has 0 aromatic heterocycles. The number of amides is 2. The second kappa shape index (κ2) is 11.6. The lowest BCUT2D eigenvalue weighted by Gasteiger charge is -2.24. The Balaban J connectivity index is 1.91. The van der Waals surface area contributed by atoms with Crippen molar-refractivity contribution in [2.75, 3.05) is 13.2 Å². The van der Waals surface area contributed by atoms with Gasteiger partial charge in [-0.1, -0.05) is 36.4 Å². The first-order valence-electron chi connectivity index (χ1n) is 9.76. The maximum absolute atomic E-state index is 12.6. The van der Waals surface area contributed by atoms with Gasteiger partial charge in [0.15, 0.2) is 0 Å². The number of carbonyl (C=O) groups is 4. The van der Waals surface area contributed by atoms with Gasteiger partial charge in [0.25, 0.3) is 0 Å². The molecule has 1 fully saturated rings. The van der Waals surface area contributed by atoms with E-state index in [0.29, 0.717) is 19.4 Å². The highest BCUT2D eigenvalue weighted by atomic mass is 16.6. The van der Waals surface area contributed by atoms with Crippen molar-refractivity contribution in [3.05, 3.63) is 48.0 Å². The van der Waals surface area contributed by atoms with E-state index in [1.165, 1.54) is 11.0 Å². The van der Waals surface area contributed by atoms with Crippen LogP contribution in [0.25, 0.3) is 0 Å². The molecule has 2 amide bonds. The topological polar surface area (TPSA) is 122 Å². The van der Waals surface area contributed by atoms with Crippen LogP contribution >= 0.6 is 0 Å². The SMILES string of the molecule is CCOC(=O)/C=C/C[C@H](NC(=O)[C@H]1CCCN1C(=O)OCc1ccccc1)C(=O)O. The van der Waals surface area contributed by atoms with Gasteiger partial charge in [-0.2, -0.15) is 0 Å². The first kappa shape index (κ1) is 22.9. The highest BCUT2D eigenvalue weighted by Crippen LogP contribution is 2.19. The van der Waals surface area contributed by atoms with E-state index >= 15 is 0 Å². The molecule has 2 rings (SSSR count). The number of nitrogens with one attached hydrogen (secondary N) is 1. The molecule has 1 aromatic rings. The minimum absolute atomic E-state index is 0.0842. The van der Waals surface area contributed by atoms with Gasteiger partial charge < -0.3 is 19.9 Å². The Morgan fingerprint density at radius 1 is 1.23 bits per heavy atom. The molecule has 0 radical (unpaired) electrons. The zero-order chi connectivity index (χ0) is 21.9. The van der Waals surface area contributed by atoms with Gasteiger partial charge in [-0.15, -0.1) is 0 Å². The summed E-state index contributed by atoms with van der Waals surface area (Å²) in [7, 11) is 0. The van der Waals surface area contributed by atoms with Crippen molar-refractivity contribution in [1.29, 1.82) is 0 Å². The predicted octanol–water partition coefficient (Wildman–Crippen LogP) is 1.87. The summed E-state index contributed by atoms with van der Waals surface area (Å²) in [5.74, 6) is -2.40. The molecular formula is C21H26N2O7. The number of hydrogen-bond donors (Lipinski definition) is 2. The Kier molecular flexibility index (Phi) is 8.86. The summed E-state index contributed by atoms with van der Waals surface area (Å²) >= 11 is 0. The molecule has 9 nitrogen and oxygen atoms in total. The fourth-order valence-corrected chi connectivity index (χ4v) is 3.04. The molecule has 2 N–H and O–H groups in total. The molecule has 0 spiro atoms. The van der Waals surface area contributed by atoms with Crippen LogP contribution in [0.1, 0.15) is 31.7 Å². The average molecular weight is 418 g/mol. The van der Waals surface area contributed by atoms with E-state index in [1.54, 1.807) is 6.92 Å². The van der Waals surface area contributed by atoms with Gasteiger partial charge in [0.2, 0.25) is 5.91 Å². The fourth-order valence-electron chi connectivity index (χ4n) is 3.04. The number of rotatable bonds is 9. The predicted molar refractivity (Wildman–Crippen MR) is 106 cm³/mol. The number of nitrogens with zero attached hydrogens (tertiary/aromatic N) is 1. The van der Waals surface area contributed by atoms with Crippen LogP contribution in [0.3, 0.4) is 0 Å². The molecule has 1 aliphatic heterocycles. The summed E-state index contributed by atoms with van der Waals surface area (Å²) in [5, 5.41) is 11.8. The highest BCUT2D eigenvalue weighted by molar-refractivity contribution is 5.89. The van der Waals surface area contributed by atoms with Crippen molar-refractivity contribution >= 4 is 23.9 Å². The Bertz CT molecular complexity index is 779. The van der Waals surface area contributed by atoms with E-state index < -0.39 is 36.0 Å². The third kappa shape index (κ3) is 6.91. The molecule has 0 bridgehead atoms. The summed E-state index contributed by atoms with van der Waals surface area (Å²) in [6, 6.07) is 7.13. The average Bonchev–Trinajstić information content (AvgIpc) is 3.22. The van der Waals surface area contributed by atoms with E-state index in [9.17, 15) is 24.3 Å². The van der Waals surface area contributed by atoms with Crippen LogP contribution in [0.5, 0.6) is 0 Å². The van der Waals surface area contributed by atoms with Gasteiger partial charge in [-0.3, -0.25) is 9.69 Å². The Morgan fingerprint density at radius 2 is 1.97 bits per heavy atom. The van der Waals surface area contributed by atoms with Crippen LogP contribution in [0, 0.1) is 0 Å². The summed E-state index contributed by atoms with van der Waals surface area (Å²) in [5.41, 5.74) is 0.824. The van der Waals surface area contributed by atoms with Crippen molar-refractivity contribution < 1.29 is 33.8 Å². The van der Waals surface area contributed by atoms with Gasteiger partial charge in [-0.05, 0) is 31.7 Å². The molecule has 1 aliphatic rings. The molecule has 30 heavy (non-hydrogen) atoms. The van der Waals surface area contributed by atoms with E-state index in [4.69, 9.17) is 9.47 Å². The molecule has 0 unspecified atom stereocenters. The number of carboxylic acids is 1. The van der Waals surface area contributed by atoms with Crippen LogP contribution in [0.2, 0.25) is 0 Å². The second-order valence-electron chi connectivity index (χ2n) is 6.68. The van der Waals surface area contributed by atoms with E-state index in [-0.39, 0.29) is 19.6 Å². The number of hydrogen-bond acceptors (Lipinski definition) is 6. The summed E-state index contributed by atoms with van der Waals surface area (Å²) in [6.45, 7) is 2.30. The van der Waals surface area contributed by atoms with Gasteiger partial charge in [-0.25, -0.2) is 14.4 Å². The smallest absolute Gasteiger partial charge is 0.410 e. The van der Waals surface area contributed by atoms with Crippen LogP contribution in [0.4, 0.5) is 4.79 Å². The lowest BCUT2D eigenvalue weighted by molar-refractivity contribution is -0.142. The standard InChI is InChI=1S/C21H26N2O7/c1-2-29-18(24)12-6-10-16(20(26)27)22-19(25)17-11-7-13-23(17)21(28)30-14-15-8-4-3-5-9-15/h3-6,8-9,12,16-17H,2,7,10-11,13-14H2,1H3,(H,22,25)(H,26,27)/b12-6+/t16-,17+/m0/s1. The maximum atomic E-state index is 12.6. The first-order chi connectivity index (χ1) is 14.4. The lowest BCUT2D eigenvalue weighted by Crippen LogP contribution is -2.50. The van der Waals surface area contributed by atoms with Crippen LogP contribution in [-0.4, -0.2) is 59.2 Å². The monoisotopic (exact) mass is 418 g/mol. The molecule has 0 saturated carbocycles. The van der Waals surface area contributed by atoms with Gasteiger partial charge in [0.05, 0.1) is 6.61 Å². The third-order valence-corrected chi connectivity index (χ3v) is 4.52. The molecular weight excluding hydrogens is 392 g/mol. The largest absolute Gasteiger partial charge is 0.480 e. The first-order valence-corrected chi connectivity index (χ1v) is 9.76. The van der Waals surface area contributed by atoms with Gasteiger partial charge in [0, 0.05) is 12.6 Å². The van der Waals surface area contributed by atoms with Crippen molar-refractivity contribution in [1.82, 2.24) is 10.2 Å². The van der Waals surface area contributed by atoms with Crippen LogP contribution in [0.15, 0.2) is 42.5 Å². The lowest BCUT2D eigenvalue weighted by atomic mass is 10.1. The highest BCUT2D eigenvalue weighted by Gasteiger charge is 2.36. The number of esters is 1. The number of ether oxygens (including phenoxy) is 2. The Morgan fingerprint density at radius 3 is 2.63 bits per heavy atom. The Labute approximate surface area is 174 Å². The molecule has 1 saturated heterocycles. The number of carboxylic acid groups (broad SMARTS) is 1. The van der Waals surface area contributed by atoms with Crippen molar-refractivity contribution in [3.8, 4) is 0 Å². The number of likely N-dealkylation sites (tertiary alicyclic amines) is 1. The van der Waals surface area contributed by atoms with Gasteiger partial charge >= 0.3 is 18.0 Å². The zero-order valence-corrected chi connectivity index (χ0v) is 16.8. The van der Waals surface area contributed by atoms with Crippen molar-refractivity contribution in [2.24, 2.45) is 0 Å². The summed E-state index contributed by atoms with van der Waals surface area (Å²) < 4.78 is 10.0. The van der Waals surface area contributed by atoms with Crippen molar-refractivity contribution in [3.63, 3.8) is 0 Å². The Hall–Kier alpha value is -3.36. The molecule has 1 heterocycles. The zero-order valence-electron chi connectivity index (χ0n) is 16.8.